The van der Waals surface area contributed by atoms with Gasteiger partial charge in [0, 0.05) is 24.9 Å². The molecule has 0 rings (SSSR count). The molecule has 4 heteroatoms. The molecule has 0 amide bonds. The third-order valence-electron chi connectivity index (χ3n) is 1.11. The second-order valence-corrected chi connectivity index (χ2v) is 2.06. The normalized spacial score (nSPS) is 11.0. The Bertz CT molecular complexity index is 155. The van der Waals surface area contributed by atoms with Gasteiger partial charge in [-0.25, -0.2) is 4.79 Å². The molecule has 0 atom stereocenters. The summed E-state index contributed by atoms with van der Waals surface area (Å²) in [5, 5.41) is 2.86. The van der Waals surface area contributed by atoms with Crippen LogP contribution in [0.5, 0.6) is 0 Å². The molecule has 0 fully saturated rings. The third kappa shape index (κ3) is 4.38. The van der Waals surface area contributed by atoms with E-state index in [4.69, 9.17) is 5.73 Å². The van der Waals surface area contributed by atoms with Crippen molar-refractivity contribution in [3.05, 3.63) is 11.8 Å². The van der Waals surface area contributed by atoms with Crippen LogP contribution in [0.4, 0.5) is 0 Å². The highest BCUT2D eigenvalue weighted by Crippen LogP contribution is 1.91. The molecule has 0 radical (unpaired) electrons. The molecule has 0 spiro atoms. The second-order valence-electron chi connectivity index (χ2n) is 2.06. The fraction of sp³-hybridized carbons (Fsp3) is 0.571. The molecule has 11 heavy (non-hydrogen) atoms. The number of ether oxygens (including phenoxy) is 1. The number of nitrogens with one attached hydrogen (secondary N) is 1. The highest BCUT2D eigenvalue weighted by atomic mass is 16.5. The first kappa shape index (κ1) is 9.97. The van der Waals surface area contributed by atoms with E-state index in [0.29, 0.717) is 18.7 Å². The minimum Gasteiger partial charge on any atom is -0.466 e. The van der Waals surface area contributed by atoms with Gasteiger partial charge in [-0.15, -0.1) is 0 Å². The van der Waals surface area contributed by atoms with Gasteiger partial charge in [0.2, 0.25) is 0 Å². The van der Waals surface area contributed by atoms with Crippen molar-refractivity contribution in [2.75, 3.05) is 20.2 Å². The average molecular weight is 158 g/mol. The molecule has 4 nitrogen and oxygen atoms in total. The van der Waals surface area contributed by atoms with Crippen molar-refractivity contribution in [2.45, 2.75) is 6.92 Å². The maximum absolute atomic E-state index is 10.7. The molecule has 0 aromatic heterocycles. The van der Waals surface area contributed by atoms with Gasteiger partial charge >= 0.3 is 5.97 Å². The van der Waals surface area contributed by atoms with Gasteiger partial charge in [-0.2, -0.15) is 0 Å². The lowest BCUT2D eigenvalue weighted by molar-refractivity contribution is -0.136. The minimum absolute atomic E-state index is 0.325. The zero-order valence-electron chi connectivity index (χ0n) is 6.89. The van der Waals surface area contributed by atoms with E-state index in [0.717, 1.165) is 0 Å². The van der Waals surface area contributed by atoms with Crippen LogP contribution in [-0.2, 0) is 9.53 Å². The molecule has 0 unspecified atom stereocenters. The number of nitrogens with two attached hydrogens (primary N) is 1. The van der Waals surface area contributed by atoms with E-state index < -0.39 is 0 Å². The first-order valence-electron chi connectivity index (χ1n) is 3.41. The summed E-state index contributed by atoms with van der Waals surface area (Å²) in [6.07, 6.45) is 1.60. The van der Waals surface area contributed by atoms with Crippen LogP contribution in [0.3, 0.4) is 0 Å². The summed E-state index contributed by atoms with van der Waals surface area (Å²) in [4.78, 5) is 10.7. The molecule has 0 bridgehead atoms. The van der Waals surface area contributed by atoms with Crippen molar-refractivity contribution < 1.29 is 9.53 Å². The number of methoxy groups -OCH3 is 1. The van der Waals surface area contributed by atoms with Crippen LogP contribution in [0.2, 0.25) is 0 Å². The Morgan fingerprint density at radius 3 is 2.82 bits per heavy atom. The Morgan fingerprint density at radius 2 is 2.36 bits per heavy atom. The number of esters is 1. The molecule has 0 aliphatic rings. The first-order chi connectivity index (χ1) is 5.22. The highest BCUT2D eigenvalue weighted by Gasteiger charge is 2.00. The van der Waals surface area contributed by atoms with E-state index in [9.17, 15) is 4.79 Å². The summed E-state index contributed by atoms with van der Waals surface area (Å²) < 4.78 is 4.46. The molecule has 0 saturated heterocycles. The lowest BCUT2D eigenvalue weighted by Crippen LogP contribution is -2.18. The lowest BCUT2D eigenvalue weighted by atomic mass is 10.3. The van der Waals surface area contributed by atoms with E-state index in [1.165, 1.54) is 7.11 Å². The molecule has 0 saturated carbocycles. The fourth-order valence-corrected chi connectivity index (χ4v) is 0.529. The molecule has 0 aromatic carbocycles. The Morgan fingerprint density at radius 1 is 1.73 bits per heavy atom. The number of hydrogen-bond donors (Lipinski definition) is 2. The predicted octanol–water partition coefficient (Wildman–Crippen LogP) is -0.388. The van der Waals surface area contributed by atoms with E-state index in [2.05, 4.69) is 10.1 Å². The first-order valence-corrected chi connectivity index (χ1v) is 3.41. The number of carbonyl (C=O) groups is 1. The summed E-state index contributed by atoms with van der Waals surface area (Å²) in [7, 11) is 1.35. The van der Waals surface area contributed by atoms with Gasteiger partial charge in [-0.05, 0) is 6.92 Å². The highest BCUT2D eigenvalue weighted by molar-refractivity contribution is 5.87. The van der Waals surface area contributed by atoms with Crippen LogP contribution in [0, 0.1) is 0 Å². The standard InChI is InChI=1S/C7H14N2O2/c1-6(7(10)11-2)5-9-4-3-8/h5,9H,3-4,8H2,1-2H3. The number of carbonyl (C=O) groups excluding carboxylic acids is 1. The molecule has 64 valence electrons. The monoisotopic (exact) mass is 158 g/mol. The summed E-state index contributed by atoms with van der Waals surface area (Å²) in [6.45, 7) is 2.88. The average Bonchev–Trinajstić information content (AvgIpc) is 2.03. The van der Waals surface area contributed by atoms with Crippen LogP contribution in [-0.4, -0.2) is 26.2 Å². The van der Waals surface area contributed by atoms with Gasteiger partial charge in [-0.1, -0.05) is 0 Å². The molecule has 0 aromatic rings. The topological polar surface area (TPSA) is 64.3 Å². The SMILES string of the molecule is COC(=O)C(C)=CNCCN. The van der Waals surface area contributed by atoms with Crippen molar-refractivity contribution in [3.63, 3.8) is 0 Å². The van der Waals surface area contributed by atoms with Crippen LogP contribution in [0.25, 0.3) is 0 Å². The van der Waals surface area contributed by atoms with Crippen LogP contribution in [0.15, 0.2) is 11.8 Å². The van der Waals surface area contributed by atoms with Gasteiger partial charge < -0.3 is 15.8 Å². The zero-order chi connectivity index (χ0) is 8.69. The number of rotatable bonds is 4. The Balaban J connectivity index is 3.71. The van der Waals surface area contributed by atoms with Crippen molar-refractivity contribution in [2.24, 2.45) is 5.73 Å². The van der Waals surface area contributed by atoms with E-state index >= 15 is 0 Å². The van der Waals surface area contributed by atoms with Crippen molar-refractivity contribution >= 4 is 5.97 Å². The quantitative estimate of drug-likeness (QED) is 0.332. The van der Waals surface area contributed by atoms with Gasteiger partial charge in [0.25, 0.3) is 0 Å². The van der Waals surface area contributed by atoms with E-state index in [1.807, 2.05) is 0 Å². The lowest BCUT2D eigenvalue weighted by Gasteiger charge is -1.99. The Kier molecular flexibility index (Phi) is 5.20. The van der Waals surface area contributed by atoms with E-state index in [1.54, 1.807) is 13.1 Å². The van der Waals surface area contributed by atoms with Crippen LogP contribution >= 0.6 is 0 Å². The third-order valence-corrected chi connectivity index (χ3v) is 1.11. The molecular formula is C7H14N2O2. The summed E-state index contributed by atoms with van der Waals surface area (Å²) >= 11 is 0. The van der Waals surface area contributed by atoms with Crippen molar-refractivity contribution in [1.82, 2.24) is 5.32 Å². The molecule has 3 N–H and O–H groups in total. The van der Waals surface area contributed by atoms with E-state index in [-0.39, 0.29) is 5.97 Å². The maximum atomic E-state index is 10.7. The van der Waals surface area contributed by atoms with Gasteiger partial charge in [-0.3, -0.25) is 0 Å². The van der Waals surface area contributed by atoms with Crippen molar-refractivity contribution in [1.29, 1.82) is 0 Å². The smallest absolute Gasteiger partial charge is 0.334 e. The van der Waals surface area contributed by atoms with Gasteiger partial charge in [0.1, 0.15) is 0 Å². The Hall–Kier alpha value is -1.03. The number of hydrogen-bond acceptors (Lipinski definition) is 4. The molecule has 0 aliphatic carbocycles. The largest absolute Gasteiger partial charge is 0.466 e. The summed E-state index contributed by atoms with van der Waals surface area (Å²) in [5.41, 5.74) is 5.76. The fourth-order valence-electron chi connectivity index (χ4n) is 0.529. The summed E-state index contributed by atoms with van der Waals surface area (Å²) in [5.74, 6) is -0.325. The Labute approximate surface area is 66.4 Å². The molecular weight excluding hydrogens is 144 g/mol. The van der Waals surface area contributed by atoms with Crippen LogP contribution < -0.4 is 11.1 Å². The second kappa shape index (κ2) is 5.73. The maximum Gasteiger partial charge on any atom is 0.334 e. The summed E-state index contributed by atoms with van der Waals surface area (Å²) in [6, 6.07) is 0. The van der Waals surface area contributed by atoms with Crippen LogP contribution in [0.1, 0.15) is 6.92 Å². The zero-order valence-corrected chi connectivity index (χ0v) is 6.89. The molecule has 0 heterocycles. The molecule has 0 aliphatic heterocycles. The van der Waals surface area contributed by atoms with Gasteiger partial charge in [0.05, 0.1) is 7.11 Å². The van der Waals surface area contributed by atoms with Crippen molar-refractivity contribution in [3.8, 4) is 0 Å². The van der Waals surface area contributed by atoms with Gasteiger partial charge in [0.15, 0.2) is 0 Å². The minimum atomic E-state index is -0.325. The predicted molar refractivity (Wildman–Crippen MR) is 42.8 cm³/mol.